The molecule has 2 nitrogen and oxygen atoms in total. The zero-order valence-electron chi connectivity index (χ0n) is 9.64. The van der Waals surface area contributed by atoms with Crippen LogP contribution in [0.25, 0.3) is 0 Å². The molecule has 1 aliphatic rings. The van der Waals surface area contributed by atoms with E-state index in [1.165, 1.54) is 0 Å². The molecule has 2 aromatic rings. The lowest BCUT2D eigenvalue weighted by Crippen LogP contribution is -2.09. The van der Waals surface area contributed by atoms with Gasteiger partial charge in [-0.05, 0) is 17.7 Å². The number of rotatable bonds is 3. The Morgan fingerprint density at radius 2 is 1.67 bits per heavy atom. The molecular formula is C15H12ClNO. The molecule has 18 heavy (non-hydrogen) atoms. The molecule has 2 atom stereocenters. The Labute approximate surface area is 111 Å². The standard InChI is InChI=1S/C15H12ClNO/c16-12-8-6-10(7-9-12)13-14(17-13)15(18)11-4-2-1-3-5-11/h1-9,13-14,17H. The second kappa shape index (κ2) is 4.56. The average molecular weight is 258 g/mol. The fourth-order valence-electron chi connectivity index (χ4n) is 2.11. The Bertz CT molecular complexity index is 565. The normalized spacial score (nSPS) is 21.6. The minimum Gasteiger partial charge on any atom is -0.297 e. The van der Waals surface area contributed by atoms with Crippen LogP contribution in [0.5, 0.6) is 0 Å². The SMILES string of the molecule is O=C(c1ccccc1)C1NC1c1ccc(Cl)cc1. The Kier molecular flexibility index (Phi) is 2.90. The molecule has 1 saturated heterocycles. The number of hydrogen-bond donors (Lipinski definition) is 1. The second-order valence-corrected chi connectivity index (χ2v) is 4.84. The lowest BCUT2D eigenvalue weighted by molar-refractivity contribution is 0.0988. The van der Waals surface area contributed by atoms with E-state index in [2.05, 4.69) is 5.32 Å². The summed E-state index contributed by atoms with van der Waals surface area (Å²) in [6.45, 7) is 0. The van der Waals surface area contributed by atoms with Gasteiger partial charge in [0.2, 0.25) is 0 Å². The largest absolute Gasteiger partial charge is 0.297 e. The van der Waals surface area contributed by atoms with Gasteiger partial charge in [0.05, 0.1) is 12.1 Å². The summed E-state index contributed by atoms with van der Waals surface area (Å²) in [5, 5.41) is 3.92. The van der Waals surface area contributed by atoms with E-state index in [1.54, 1.807) is 0 Å². The Morgan fingerprint density at radius 3 is 2.33 bits per heavy atom. The summed E-state index contributed by atoms with van der Waals surface area (Å²) >= 11 is 5.84. The van der Waals surface area contributed by atoms with Gasteiger partial charge in [0.15, 0.2) is 5.78 Å². The monoisotopic (exact) mass is 257 g/mol. The van der Waals surface area contributed by atoms with Crippen LogP contribution in [-0.4, -0.2) is 11.8 Å². The first-order valence-corrected chi connectivity index (χ1v) is 6.24. The molecule has 1 aliphatic heterocycles. The highest BCUT2D eigenvalue weighted by atomic mass is 35.5. The summed E-state index contributed by atoms with van der Waals surface area (Å²) in [6, 6.07) is 17.0. The van der Waals surface area contributed by atoms with E-state index >= 15 is 0 Å². The van der Waals surface area contributed by atoms with E-state index in [0.29, 0.717) is 5.02 Å². The van der Waals surface area contributed by atoms with E-state index in [1.807, 2.05) is 54.6 Å². The number of carbonyl (C=O) groups is 1. The number of benzene rings is 2. The predicted molar refractivity (Wildman–Crippen MR) is 71.9 cm³/mol. The van der Waals surface area contributed by atoms with Gasteiger partial charge in [-0.15, -0.1) is 0 Å². The molecule has 2 aromatic carbocycles. The van der Waals surface area contributed by atoms with E-state index in [-0.39, 0.29) is 17.9 Å². The Morgan fingerprint density at radius 1 is 1.00 bits per heavy atom. The smallest absolute Gasteiger partial charge is 0.181 e. The van der Waals surface area contributed by atoms with Crippen LogP contribution in [0.1, 0.15) is 22.0 Å². The maximum Gasteiger partial charge on any atom is 0.181 e. The van der Waals surface area contributed by atoms with Gasteiger partial charge in [-0.2, -0.15) is 0 Å². The van der Waals surface area contributed by atoms with Crippen molar-refractivity contribution in [3.63, 3.8) is 0 Å². The van der Waals surface area contributed by atoms with Crippen LogP contribution in [0.2, 0.25) is 5.02 Å². The van der Waals surface area contributed by atoms with Crippen molar-refractivity contribution >= 4 is 17.4 Å². The maximum absolute atomic E-state index is 12.2. The molecule has 0 amide bonds. The summed E-state index contributed by atoms with van der Waals surface area (Å²) in [6.07, 6.45) is 0. The molecule has 0 aromatic heterocycles. The number of halogens is 1. The average Bonchev–Trinajstić information content (AvgIpc) is 3.20. The highest BCUT2D eigenvalue weighted by Crippen LogP contribution is 2.32. The molecular weight excluding hydrogens is 246 g/mol. The van der Waals surface area contributed by atoms with E-state index in [9.17, 15) is 4.79 Å². The van der Waals surface area contributed by atoms with Gasteiger partial charge in [0, 0.05) is 10.6 Å². The molecule has 1 fully saturated rings. The molecule has 1 heterocycles. The van der Waals surface area contributed by atoms with Crippen LogP contribution in [0.4, 0.5) is 0 Å². The van der Waals surface area contributed by atoms with Crippen molar-refractivity contribution in [1.29, 1.82) is 0 Å². The summed E-state index contributed by atoms with van der Waals surface area (Å²) < 4.78 is 0. The minimum absolute atomic E-state index is 0.103. The van der Waals surface area contributed by atoms with E-state index in [0.717, 1.165) is 11.1 Å². The van der Waals surface area contributed by atoms with E-state index < -0.39 is 0 Å². The summed E-state index contributed by atoms with van der Waals surface area (Å²) in [4.78, 5) is 12.2. The van der Waals surface area contributed by atoms with Crippen LogP contribution in [0.3, 0.4) is 0 Å². The second-order valence-electron chi connectivity index (χ2n) is 4.40. The van der Waals surface area contributed by atoms with Crippen molar-refractivity contribution in [2.24, 2.45) is 0 Å². The first-order chi connectivity index (χ1) is 8.75. The molecule has 90 valence electrons. The van der Waals surface area contributed by atoms with Crippen LogP contribution in [0, 0.1) is 0 Å². The zero-order valence-corrected chi connectivity index (χ0v) is 10.4. The lowest BCUT2D eigenvalue weighted by atomic mass is 10.0. The molecule has 3 rings (SSSR count). The summed E-state index contributed by atoms with van der Waals surface area (Å²) in [5.41, 5.74) is 1.86. The first-order valence-electron chi connectivity index (χ1n) is 5.86. The van der Waals surface area contributed by atoms with Crippen molar-refractivity contribution in [1.82, 2.24) is 5.32 Å². The van der Waals surface area contributed by atoms with Gasteiger partial charge in [-0.1, -0.05) is 54.1 Å². The Balaban J connectivity index is 1.75. The van der Waals surface area contributed by atoms with Crippen molar-refractivity contribution < 1.29 is 4.79 Å². The lowest BCUT2D eigenvalue weighted by Gasteiger charge is -1.99. The number of hydrogen-bond acceptors (Lipinski definition) is 2. The van der Waals surface area contributed by atoms with Crippen LogP contribution in [0.15, 0.2) is 54.6 Å². The molecule has 0 spiro atoms. The molecule has 1 N–H and O–H groups in total. The third-order valence-corrected chi connectivity index (χ3v) is 3.41. The van der Waals surface area contributed by atoms with Crippen molar-refractivity contribution in [3.8, 4) is 0 Å². The highest BCUT2D eigenvalue weighted by Gasteiger charge is 2.43. The van der Waals surface area contributed by atoms with Gasteiger partial charge in [-0.25, -0.2) is 0 Å². The first kappa shape index (κ1) is 11.5. The number of nitrogens with one attached hydrogen (secondary N) is 1. The summed E-state index contributed by atoms with van der Waals surface area (Å²) in [5.74, 6) is 0.149. The fraction of sp³-hybridized carbons (Fsp3) is 0.133. The predicted octanol–water partition coefficient (Wildman–Crippen LogP) is 3.24. The van der Waals surface area contributed by atoms with Crippen LogP contribution >= 0.6 is 11.6 Å². The molecule has 0 radical (unpaired) electrons. The topological polar surface area (TPSA) is 39.0 Å². The van der Waals surface area contributed by atoms with Crippen molar-refractivity contribution in [2.45, 2.75) is 12.1 Å². The number of ketones is 1. The van der Waals surface area contributed by atoms with Gasteiger partial charge >= 0.3 is 0 Å². The van der Waals surface area contributed by atoms with Crippen LogP contribution in [-0.2, 0) is 0 Å². The molecule has 0 bridgehead atoms. The summed E-state index contributed by atoms with van der Waals surface area (Å²) in [7, 11) is 0. The Hall–Kier alpha value is -1.64. The molecule has 0 saturated carbocycles. The van der Waals surface area contributed by atoms with Gasteiger partial charge in [-0.3, -0.25) is 10.1 Å². The third kappa shape index (κ3) is 2.17. The molecule has 0 aliphatic carbocycles. The van der Waals surface area contributed by atoms with Crippen LogP contribution < -0.4 is 5.32 Å². The van der Waals surface area contributed by atoms with E-state index in [4.69, 9.17) is 11.6 Å². The fourth-order valence-corrected chi connectivity index (χ4v) is 2.23. The van der Waals surface area contributed by atoms with Crippen molar-refractivity contribution in [3.05, 3.63) is 70.7 Å². The maximum atomic E-state index is 12.2. The van der Waals surface area contributed by atoms with Gasteiger partial charge in [0.25, 0.3) is 0 Å². The number of carbonyl (C=O) groups excluding carboxylic acids is 1. The highest BCUT2D eigenvalue weighted by molar-refractivity contribution is 6.30. The van der Waals surface area contributed by atoms with Gasteiger partial charge < -0.3 is 0 Å². The van der Waals surface area contributed by atoms with Crippen molar-refractivity contribution in [2.75, 3.05) is 0 Å². The quantitative estimate of drug-likeness (QED) is 0.677. The number of Topliss-reactive ketones (excluding diaryl/α,β-unsaturated/α-hetero) is 1. The molecule has 3 heteroatoms. The van der Waals surface area contributed by atoms with Gasteiger partial charge in [0.1, 0.15) is 0 Å². The minimum atomic E-state index is -0.103. The zero-order chi connectivity index (χ0) is 12.5. The third-order valence-electron chi connectivity index (χ3n) is 3.15. The molecule has 2 unspecified atom stereocenters.